The summed E-state index contributed by atoms with van der Waals surface area (Å²) in [5.41, 5.74) is 2.84. The second-order valence-electron chi connectivity index (χ2n) is 8.72. The molecule has 2 aliphatic rings. The Morgan fingerprint density at radius 3 is 2.55 bits per heavy atom. The van der Waals surface area contributed by atoms with Gasteiger partial charge in [0.15, 0.2) is 23.2 Å². The number of benzene rings is 2. The lowest BCUT2D eigenvalue weighted by Gasteiger charge is -2.27. The first kappa shape index (κ1) is 21.7. The van der Waals surface area contributed by atoms with Crippen LogP contribution in [-0.4, -0.2) is 60.0 Å². The summed E-state index contributed by atoms with van der Waals surface area (Å²) in [6, 6.07) is 7.51. The third kappa shape index (κ3) is 4.54. The van der Waals surface area contributed by atoms with Crippen LogP contribution < -0.4 is 10.6 Å². The Hall–Kier alpha value is -3.10. The van der Waals surface area contributed by atoms with Crippen LogP contribution >= 0.6 is 0 Å². The maximum absolute atomic E-state index is 14.0. The molecular weight excluding hydrogens is 426 g/mol. The average molecular weight is 453 g/mol. The smallest absolute Gasteiger partial charge is 0.187 e. The van der Waals surface area contributed by atoms with Gasteiger partial charge in [0.2, 0.25) is 0 Å². The van der Waals surface area contributed by atoms with E-state index in [0.717, 1.165) is 63.1 Å². The second-order valence-corrected chi connectivity index (χ2v) is 8.72. The van der Waals surface area contributed by atoms with Crippen molar-refractivity contribution in [2.75, 3.05) is 44.6 Å². The molecule has 0 spiro atoms. The topological polar surface area (TPSA) is 77.5 Å². The van der Waals surface area contributed by atoms with Crippen molar-refractivity contribution in [2.45, 2.75) is 12.8 Å². The molecule has 1 aliphatic carbocycles. The average Bonchev–Trinajstić information content (AvgIpc) is 3.68. The van der Waals surface area contributed by atoms with E-state index >= 15 is 0 Å². The fraction of sp³-hybridized carbons (Fsp3) is 0.360. The minimum absolute atomic E-state index is 0.0430. The molecule has 8 heteroatoms. The first-order valence-electron chi connectivity index (χ1n) is 11.3. The number of Topliss-reactive ketones (excluding diaryl/α,β-unsaturated/α-hetero) is 1. The van der Waals surface area contributed by atoms with Gasteiger partial charge in [-0.15, -0.1) is 0 Å². The first-order valence-corrected chi connectivity index (χ1v) is 11.3. The molecule has 3 N–H and O–H groups in total. The quantitative estimate of drug-likeness (QED) is 0.474. The Morgan fingerprint density at radius 2 is 1.85 bits per heavy atom. The van der Waals surface area contributed by atoms with Crippen molar-refractivity contribution in [3.8, 4) is 16.9 Å². The predicted octanol–water partition coefficient (Wildman–Crippen LogP) is 3.80. The number of nitrogens with zero attached hydrogens (tertiary/aromatic N) is 2. The lowest BCUT2D eigenvalue weighted by Crippen LogP contribution is -2.45. The number of pyridine rings is 1. The van der Waals surface area contributed by atoms with Crippen LogP contribution in [0.25, 0.3) is 22.0 Å². The van der Waals surface area contributed by atoms with Crippen molar-refractivity contribution in [2.24, 2.45) is 5.92 Å². The molecule has 0 bridgehead atoms. The Balaban J connectivity index is 1.52. The van der Waals surface area contributed by atoms with Gasteiger partial charge in [0.05, 0.1) is 16.8 Å². The fourth-order valence-electron chi connectivity index (χ4n) is 4.32. The predicted molar refractivity (Wildman–Crippen MR) is 124 cm³/mol. The molecule has 0 unspecified atom stereocenters. The Kier molecular flexibility index (Phi) is 5.95. The number of nitrogens with one attached hydrogen (secondary N) is 2. The summed E-state index contributed by atoms with van der Waals surface area (Å²) in [6.07, 6.45) is 3.42. The molecule has 1 aromatic heterocycles. The number of fused-ring (bicyclic) bond motifs is 1. The third-order valence-corrected chi connectivity index (χ3v) is 6.37. The number of ketones is 1. The molecule has 1 aliphatic heterocycles. The maximum atomic E-state index is 14.0. The molecular formula is C25H26F2N4O2. The minimum atomic E-state index is -1.02. The number of hydrogen-bond acceptors (Lipinski definition) is 6. The summed E-state index contributed by atoms with van der Waals surface area (Å²) in [6.45, 7) is 5.40. The van der Waals surface area contributed by atoms with Gasteiger partial charge in [-0.2, -0.15) is 0 Å². The van der Waals surface area contributed by atoms with E-state index in [1.54, 1.807) is 24.4 Å². The Bertz CT molecular complexity index is 1180. The SMILES string of the molecule is O=C(c1cnc2ccc(-c3cc(F)c(O)c(F)c3)cc2c1NCCN1CCNCC1)C1CC1. The van der Waals surface area contributed by atoms with Gasteiger partial charge < -0.3 is 15.7 Å². The standard InChI is InChI=1S/C25H26F2N4O2/c26-20-12-17(13-21(27)25(20)33)16-3-4-22-18(11-16)23(19(14-30-22)24(32)15-1-2-15)29-7-10-31-8-5-28-6-9-31/h3-4,11-15,28,33H,1-2,5-10H2,(H,29,30). The van der Waals surface area contributed by atoms with Crippen LogP contribution in [0, 0.1) is 17.6 Å². The molecule has 2 aromatic carbocycles. The normalized spacial score (nSPS) is 16.8. The zero-order valence-electron chi connectivity index (χ0n) is 18.2. The molecule has 1 saturated carbocycles. The summed E-state index contributed by atoms with van der Waals surface area (Å²) in [7, 11) is 0. The molecule has 2 heterocycles. The Labute approximate surface area is 190 Å². The lowest BCUT2D eigenvalue weighted by atomic mass is 9.98. The number of phenols is 1. The summed E-state index contributed by atoms with van der Waals surface area (Å²) in [4.78, 5) is 19.8. The van der Waals surface area contributed by atoms with Gasteiger partial charge in [-0.25, -0.2) is 8.78 Å². The summed E-state index contributed by atoms with van der Waals surface area (Å²) < 4.78 is 27.9. The lowest BCUT2D eigenvalue weighted by molar-refractivity contribution is 0.0968. The van der Waals surface area contributed by atoms with E-state index < -0.39 is 17.4 Å². The number of carbonyl (C=O) groups is 1. The molecule has 33 heavy (non-hydrogen) atoms. The number of aromatic nitrogens is 1. The van der Waals surface area contributed by atoms with E-state index in [9.17, 15) is 18.7 Å². The molecule has 1 saturated heterocycles. The molecule has 0 atom stereocenters. The van der Waals surface area contributed by atoms with E-state index in [1.165, 1.54) is 0 Å². The summed E-state index contributed by atoms with van der Waals surface area (Å²) in [5, 5.41) is 17.0. The van der Waals surface area contributed by atoms with E-state index in [2.05, 4.69) is 20.5 Å². The number of phenolic OH excluding ortho intramolecular Hbond substituents is 1. The van der Waals surface area contributed by atoms with Crippen molar-refractivity contribution < 1.29 is 18.7 Å². The number of halogens is 2. The number of piperazine rings is 1. The van der Waals surface area contributed by atoms with Gasteiger partial charge in [0.25, 0.3) is 0 Å². The van der Waals surface area contributed by atoms with E-state index in [0.29, 0.717) is 34.4 Å². The van der Waals surface area contributed by atoms with E-state index in [4.69, 9.17) is 0 Å². The molecule has 172 valence electrons. The van der Waals surface area contributed by atoms with E-state index in [-0.39, 0.29) is 11.7 Å². The van der Waals surface area contributed by atoms with Crippen LogP contribution in [0.3, 0.4) is 0 Å². The first-order chi connectivity index (χ1) is 16.0. The second kappa shape index (κ2) is 9.03. The maximum Gasteiger partial charge on any atom is 0.187 e. The minimum Gasteiger partial charge on any atom is -0.503 e. The highest BCUT2D eigenvalue weighted by Crippen LogP contribution is 2.38. The van der Waals surface area contributed by atoms with Crippen LogP contribution in [0.2, 0.25) is 0 Å². The van der Waals surface area contributed by atoms with Crippen molar-refractivity contribution in [1.29, 1.82) is 0 Å². The van der Waals surface area contributed by atoms with Gasteiger partial charge in [0.1, 0.15) is 0 Å². The van der Waals surface area contributed by atoms with Gasteiger partial charge in [-0.05, 0) is 48.2 Å². The molecule has 3 aromatic rings. The number of hydrogen-bond donors (Lipinski definition) is 3. The largest absolute Gasteiger partial charge is 0.503 e. The number of carbonyl (C=O) groups excluding carboxylic acids is 1. The highest BCUT2D eigenvalue weighted by atomic mass is 19.1. The zero-order chi connectivity index (χ0) is 22.9. The van der Waals surface area contributed by atoms with Crippen LogP contribution in [0.5, 0.6) is 5.75 Å². The Morgan fingerprint density at radius 1 is 1.12 bits per heavy atom. The monoisotopic (exact) mass is 452 g/mol. The van der Waals surface area contributed by atoms with Crippen molar-refractivity contribution in [3.63, 3.8) is 0 Å². The molecule has 2 fully saturated rings. The summed E-state index contributed by atoms with van der Waals surface area (Å²) in [5.74, 6) is -2.90. The highest BCUT2D eigenvalue weighted by molar-refractivity contribution is 6.10. The van der Waals surface area contributed by atoms with Crippen molar-refractivity contribution >= 4 is 22.4 Å². The van der Waals surface area contributed by atoms with Gasteiger partial charge in [-0.3, -0.25) is 14.7 Å². The van der Waals surface area contributed by atoms with E-state index in [1.807, 2.05) is 0 Å². The highest BCUT2D eigenvalue weighted by Gasteiger charge is 2.32. The third-order valence-electron chi connectivity index (χ3n) is 6.37. The number of aromatic hydroxyl groups is 1. The molecule has 6 nitrogen and oxygen atoms in total. The van der Waals surface area contributed by atoms with Crippen molar-refractivity contribution in [3.05, 3.63) is 53.7 Å². The molecule has 0 radical (unpaired) electrons. The zero-order valence-corrected chi connectivity index (χ0v) is 18.2. The molecule has 5 rings (SSSR count). The van der Waals surface area contributed by atoms with Crippen LogP contribution in [0.15, 0.2) is 36.5 Å². The van der Waals surface area contributed by atoms with Crippen LogP contribution in [0.1, 0.15) is 23.2 Å². The number of rotatable bonds is 7. The number of anilines is 1. The summed E-state index contributed by atoms with van der Waals surface area (Å²) >= 11 is 0. The van der Waals surface area contributed by atoms with Gasteiger partial charge in [-0.1, -0.05) is 6.07 Å². The fourth-order valence-corrected chi connectivity index (χ4v) is 4.32. The van der Waals surface area contributed by atoms with Crippen LogP contribution in [-0.2, 0) is 0 Å². The van der Waals surface area contributed by atoms with Gasteiger partial charge in [0, 0.05) is 56.8 Å². The van der Waals surface area contributed by atoms with Gasteiger partial charge >= 0.3 is 0 Å². The molecule has 0 amide bonds. The van der Waals surface area contributed by atoms with Crippen molar-refractivity contribution in [1.82, 2.24) is 15.2 Å². The van der Waals surface area contributed by atoms with Crippen LogP contribution in [0.4, 0.5) is 14.5 Å².